The summed E-state index contributed by atoms with van der Waals surface area (Å²) in [4.78, 5) is 25.0. The van der Waals surface area contributed by atoms with Crippen LogP contribution in [0.5, 0.6) is 0 Å². The molecule has 26 heavy (non-hydrogen) atoms. The van der Waals surface area contributed by atoms with Crippen LogP contribution >= 0.6 is 0 Å². The van der Waals surface area contributed by atoms with Crippen LogP contribution in [0.1, 0.15) is 32.1 Å². The molecule has 0 bridgehead atoms. The average Bonchev–Trinajstić information content (AvgIpc) is 2.94. The molecule has 2 aromatic carbocycles. The number of carbonyl (C=O) groups excluding carboxylic acids is 2. The summed E-state index contributed by atoms with van der Waals surface area (Å²) < 4.78 is 7.26. The first-order valence-corrected chi connectivity index (χ1v) is 8.46. The Kier molecular flexibility index (Phi) is 5.03. The Balaban J connectivity index is 1.77. The van der Waals surface area contributed by atoms with Gasteiger partial charge in [0.1, 0.15) is 0 Å². The molecule has 0 aliphatic heterocycles. The summed E-state index contributed by atoms with van der Waals surface area (Å²) in [6.45, 7) is 3.55. The molecule has 3 rings (SSSR count). The first kappa shape index (κ1) is 17.7. The molecule has 1 heterocycles. The van der Waals surface area contributed by atoms with Gasteiger partial charge in [-0.3, -0.25) is 4.79 Å². The molecule has 0 aliphatic carbocycles. The fourth-order valence-corrected chi connectivity index (χ4v) is 2.95. The van der Waals surface area contributed by atoms with Crippen molar-refractivity contribution < 1.29 is 14.3 Å². The number of carbonyl (C=O) groups is 2. The van der Waals surface area contributed by atoms with Crippen LogP contribution in [0.2, 0.25) is 0 Å². The number of hydrogen-bond donors (Lipinski definition) is 0. The molecule has 0 amide bonds. The largest absolute Gasteiger partial charge is 0.454 e. The van der Waals surface area contributed by atoms with E-state index in [0.29, 0.717) is 11.1 Å². The number of aryl methyl sites for hydroxylation is 1. The molecule has 0 atom stereocenters. The second kappa shape index (κ2) is 7.40. The first-order chi connectivity index (χ1) is 12.5. The van der Waals surface area contributed by atoms with Gasteiger partial charge in [0.05, 0.1) is 5.56 Å². The number of aromatic nitrogens is 1. The summed E-state index contributed by atoms with van der Waals surface area (Å²) in [6.07, 6.45) is 0. The highest BCUT2D eigenvalue weighted by Crippen LogP contribution is 2.24. The Morgan fingerprint density at radius 1 is 0.923 bits per heavy atom. The smallest absolute Gasteiger partial charge is 0.339 e. The SMILES string of the molecule is Cc1cc(C(=O)COC(=O)c2ccccc2-c2ccccc2)c(C)n1C. The number of rotatable bonds is 5. The van der Waals surface area contributed by atoms with Crippen molar-refractivity contribution in [2.45, 2.75) is 13.8 Å². The molecule has 4 nitrogen and oxygen atoms in total. The highest BCUT2D eigenvalue weighted by atomic mass is 16.5. The molecule has 0 saturated carbocycles. The normalized spacial score (nSPS) is 10.6. The Hall–Kier alpha value is -3.14. The number of ketones is 1. The summed E-state index contributed by atoms with van der Waals surface area (Å²) in [5, 5.41) is 0. The Morgan fingerprint density at radius 2 is 1.58 bits per heavy atom. The molecule has 0 N–H and O–H groups in total. The lowest BCUT2D eigenvalue weighted by molar-refractivity contribution is 0.0475. The molecule has 1 aromatic heterocycles. The van der Waals surface area contributed by atoms with Crippen molar-refractivity contribution in [3.05, 3.63) is 83.2 Å². The minimum Gasteiger partial charge on any atom is -0.454 e. The molecule has 0 spiro atoms. The van der Waals surface area contributed by atoms with Crippen molar-refractivity contribution in [1.29, 1.82) is 0 Å². The van der Waals surface area contributed by atoms with Crippen molar-refractivity contribution >= 4 is 11.8 Å². The van der Waals surface area contributed by atoms with E-state index in [9.17, 15) is 9.59 Å². The summed E-state index contributed by atoms with van der Waals surface area (Å²) >= 11 is 0. The standard InChI is InChI=1S/C22H21NO3/c1-15-13-20(16(2)23(15)3)21(24)14-26-22(25)19-12-8-7-11-18(19)17-9-5-4-6-10-17/h4-13H,14H2,1-3H3. The van der Waals surface area contributed by atoms with E-state index in [1.54, 1.807) is 12.1 Å². The lowest BCUT2D eigenvalue weighted by atomic mass is 10.00. The summed E-state index contributed by atoms with van der Waals surface area (Å²) in [5.74, 6) is -0.695. The van der Waals surface area contributed by atoms with Crippen LogP contribution in [-0.2, 0) is 11.8 Å². The second-order valence-electron chi connectivity index (χ2n) is 6.25. The van der Waals surface area contributed by atoms with Crippen molar-refractivity contribution in [3.63, 3.8) is 0 Å². The maximum atomic E-state index is 12.6. The van der Waals surface area contributed by atoms with Crippen LogP contribution in [0.3, 0.4) is 0 Å². The third-order valence-electron chi connectivity index (χ3n) is 4.64. The van der Waals surface area contributed by atoms with E-state index in [-0.39, 0.29) is 12.4 Å². The van der Waals surface area contributed by atoms with E-state index in [1.807, 2.05) is 74.0 Å². The van der Waals surface area contributed by atoms with Crippen molar-refractivity contribution in [2.75, 3.05) is 6.61 Å². The molecular weight excluding hydrogens is 326 g/mol. The van der Waals surface area contributed by atoms with Gasteiger partial charge < -0.3 is 9.30 Å². The summed E-state index contributed by atoms with van der Waals surface area (Å²) in [6, 6.07) is 18.7. The van der Waals surface area contributed by atoms with Crippen LogP contribution < -0.4 is 0 Å². The van der Waals surface area contributed by atoms with Crippen molar-refractivity contribution in [3.8, 4) is 11.1 Å². The number of Topliss-reactive ketones (excluding diaryl/α,β-unsaturated/α-hetero) is 1. The highest BCUT2D eigenvalue weighted by molar-refractivity contribution is 6.02. The molecule has 3 aromatic rings. The monoisotopic (exact) mass is 347 g/mol. The minimum atomic E-state index is -0.497. The Morgan fingerprint density at radius 3 is 2.23 bits per heavy atom. The number of nitrogens with zero attached hydrogens (tertiary/aromatic N) is 1. The van der Waals surface area contributed by atoms with E-state index in [4.69, 9.17) is 4.74 Å². The number of ether oxygens (including phenoxy) is 1. The van der Waals surface area contributed by atoms with Crippen LogP contribution in [0, 0.1) is 13.8 Å². The molecule has 0 fully saturated rings. The van der Waals surface area contributed by atoms with Crippen molar-refractivity contribution in [1.82, 2.24) is 4.57 Å². The van der Waals surface area contributed by atoms with E-state index in [0.717, 1.165) is 22.5 Å². The van der Waals surface area contributed by atoms with Gasteiger partial charge in [-0.15, -0.1) is 0 Å². The highest BCUT2D eigenvalue weighted by Gasteiger charge is 2.18. The third-order valence-corrected chi connectivity index (χ3v) is 4.64. The molecule has 0 saturated heterocycles. The predicted molar refractivity (Wildman–Crippen MR) is 101 cm³/mol. The fraction of sp³-hybridized carbons (Fsp3) is 0.182. The fourth-order valence-electron chi connectivity index (χ4n) is 2.95. The number of benzene rings is 2. The van der Waals surface area contributed by atoms with Gasteiger partial charge in [-0.2, -0.15) is 0 Å². The maximum Gasteiger partial charge on any atom is 0.339 e. The van der Waals surface area contributed by atoms with Gasteiger partial charge in [-0.1, -0.05) is 48.5 Å². The zero-order valence-corrected chi connectivity index (χ0v) is 15.2. The molecular formula is C22H21NO3. The van der Waals surface area contributed by atoms with E-state index >= 15 is 0 Å². The topological polar surface area (TPSA) is 48.3 Å². The molecule has 132 valence electrons. The number of hydrogen-bond acceptors (Lipinski definition) is 3. The number of esters is 1. The zero-order valence-electron chi connectivity index (χ0n) is 15.2. The minimum absolute atomic E-state index is 0.197. The van der Waals surface area contributed by atoms with Crippen LogP contribution in [0.25, 0.3) is 11.1 Å². The summed E-state index contributed by atoms with van der Waals surface area (Å²) in [7, 11) is 1.91. The van der Waals surface area contributed by atoms with Gasteiger partial charge in [-0.05, 0) is 37.1 Å². The van der Waals surface area contributed by atoms with E-state index in [2.05, 4.69) is 0 Å². The maximum absolute atomic E-state index is 12.6. The van der Waals surface area contributed by atoms with Gasteiger partial charge in [0.25, 0.3) is 0 Å². The molecule has 4 heteroatoms. The van der Waals surface area contributed by atoms with Gasteiger partial charge in [-0.25, -0.2) is 4.79 Å². The molecule has 0 aliphatic rings. The van der Waals surface area contributed by atoms with Gasteiger partial charge in [0, 0.05) is 24.0 Å². The predicted octanol–water partition coefficient (Wildman–Crippen LogP) is 4.35. The average molecular weight is 347 g/mol. The zero-order chi connectivity index (χ0) is 18.7. The van der Waals surface area contributed by atoms with E-state index < -0.39 is 5.97 Å². The van der Waals surface area contributed by atoms with Crippen LogP contribution in [0.4, 0.5) is 0 Å². The van der Waals surface area contributed by atoms with Crippen LogP contribution in [0.15, 0.2) is 60.7 Å². The lowest BCUT2D eigenvalue weighted by Gasteiger charge is -2.09. The van der Waals surface area contributed by atoms with Gasteiger partial charge in [0.2, 0.25) is 5.78 Å². The molecule has 0 radical (unpaired) electrons. The Labute approximate surface area is 153 Å². The van der Waals surface area contributed by atoms with Gasteiger partial charge >= 0.3 is 5.97 Å². The second-order valence-corrected chi connectivity index (χ2v) is 6.25. The quantitative estimate of drug-likeness (QED) is 0.509. The first-order valence-electron chi connectivity index (χ1n) is 8.46. The third kappa shape index (κ3) is 3.45. The van der Waals surface area contributed by atoms with Gasteiger partial charge in [0.15, 0.2) is 6.61 Å². The Bertz CT molecular complexity index is 955. The lowest BCUT2D eigenvalue weighted by Crippen LogP contribution is -2.15. The van der Waals surface area contributed by atoms with Crippen LogP contribution in [-0.4, -0.2) is 22.9 Å². The van der Waals surface area contributed by atoms with Crippen molar-refractivity contribution in [2.24, 2.45) is 7.05 Å². The van der Waals surface area contributed by atoms with E-state index in [1.165, 1.54) is 0 Å². The molecule has 0 unspecified atom stereocenters. The summed E-state index contributed by atoms with van der Waals surface area (Å²) in [5.41, 5.74) is 4.62.